The quantitative estimate of drug-likeness (QED) is 0.250. The van der Waals surface area contributed by atoms with Crippen molar-refractivity contribution in [3.8, 4) is 0 Å². The topological polar surface area (TPSA) is 79.6 Å². The number of ketones is 1. The van der Waals surface area contributed by atoms with Crippen molar-refractivity contribution in [3.05, 3.63) is 125 Å². The maximum Gasteiger partial charge on any atom is 0.300 e. The summed E-state index contributed by atoms with van der Waals surface area (Å²) in [6.45, 7) is 1.33. The van der Waals surface area contributed by atoms with Crippen LogP contribution in [0.1, 0.15) is 56.4 Å². The van der Waals surface area contributed by atoms with Gasteiger partial charge in [-0.1, -0.05) is 36.4 Å². The van der Waals surface area contributed by atoms with E-state index in [4.69, 9.17) is 4.42 Å². The van der Waals surface area contributed by atoms with Gasteiger partial charge in [0, 0.05) is 24.3 Å². The van der Waals surface area contributed by atoms with Crippen LogP contribution in [-0.2, 0) is 11.2 Å². The molecular formula is C31H27FN2O4. The third-order valence-electron chi connectivity index (χ3n) is 6.90. The van der Waals surface area contributed by atoms with Gasteiger partial charge in [-0.3, -0.25) is 14.4 Å². The number of halogens is 1. The Morgan fingerprint density at radius 3 is 2.08 bits per heavy atom. The molecule has 0 saturated carbocycles. The Labute approximate surface area is 220 Å². The minimum absolute atomic E-state index is 0.00127. The van der Waals surface area contributed by atoms with E-state index < -0.39 is 11.7 Å². The van der Waals surface area contributed by atoms with Crippen LogP contribution < -0.4 is 5.32 Å². The van der Waals surface area contributed by atoms with E-state index in [0.29, 0.717) is 36.7 Å². The molecule has 0 atom stereocenters. The summed E-state index contributed by atoms with van der Waals surface area (Å²) >= 11 is 0. The first-order valence-corrected chi connectivity index (χ1v) is 12.6. The van der Waals surface area contributed by atoms with Crippen LogP contribution in [0.25, 0.3) is 0 Å². The zero-order chi connectivity index (χ0) is 26.5. The Balaban J connectivity index is 1.12. The fraction of sp³-hybridized carbons (Fsp3) is 0.194. The molecule has 2 amide bonds. The first-order valence-electron chi connectivity index (χ1n) is 12.6. The van der Waals surface area contributed by atoms with Gasteiger partial charge in [-0.25, -0.2) is 4.39 Å². The number of carbonyl (C=O) groups is 3. The van der Waals surface area contributed by atoms with Crippen molar-refractivity contribution in [1.29, 1.82) is 0 Å². The van der Waals surface area contributed by atoms with Gasteiger partial charge in [-0.05, 0) is 90.4 Å². The minimum Gasteiger partial charge on any atom is -0.461 e. The molecule has 4 aromatic rings. The number of nitrogens with zero attached hydrogens (tertiary/aromatic N) is 1. The number of rotatable bonds is 7. The van der Waals surface area contributed by atoms with Crippen molar-refractivity contribution in [2.45, 2.75) is 25.2 Å². The average molecular weight is 511 g/mol. The smallest absolute Gasteiger partial charge is 0.300 e. The summed E-state index contributed by atoms with van der Waals surface area (Å²) in [7, 11) is 0. The fourth-order valence-electron chi connectivity index (χ4n) is 4.75. The molecule has 3 aromatic carbocycles. The summed E-state index contributed by atoms with van der Waals surface area (Å²) < 4.78 is 18.1. The molecule has 6 nitrogen and oxygen atoms in total. The number of likely N-dealkylation sites (tertiary alicyclic amines) is 1. The van der Waals surface area contributed by atoms with Gasteiger partial charge < -0.3 is 14.6 Å². The first kappa shape index (κ1) is 25.1. The van der Waals surface area contributed by atoms with E-state index >= 15 is 0 Å². The normalized spacial score (nSPS) is 13.8. The zero-order valence-electron chi connectivity index (χ0n) is 20.7. The van der Waals surface area contributed by atoms with Crippen molar-refractivity contribution < 1.29 is 23.2 Å². The van der Waals surface area contributed by atoms with Gasteiger partial charge in [0.15, 0.2) is 5.76 Å². The molecule has 1 saturated heterocycles. The molecule has 0 aliphatic carbocycles. The lowest BCUT2D eigenvalue weighted by Crippen LogP contribution is -2.37. The lowest BCUT2D eigenvalue weighted by molar-refractivity contribution is -0.112. The largest absolute Gasteiger partial charge is 0.461 e. The number of hydrogen-bond donors (Lipinski definition) is 1. The molecule has 0 bridgehead atoms. The Morgan fingerprint density at radius 1 is 0.842 bits per heavy atom. The summed E-state index contributed by atoms with van der Waals surface area (Å²) in [4.78, 5) is 39.2. The van der Waals surface area contributed by atoms with Gasteiger partial charge >= 0.3 is 0 Å². The molecular weight excluding hydrogens is 483 g/mol. The standard InChI is InChI=1S/C31H27FN2O4/c32-26-11-5-22(6-12-26)20-21-3-7-25(8-4-21)31(37)34-17-15-24(16-18-34)23-9-13-27(14-10-23)33-30(36)29(35)28-2-1-19-38-28/h1-14,19,24H,15-18,20H2,(H,33,36). The summed E-state index contributed by atoms with van der Waals surface area (Å²) in [6.07, 6.45) is 3.72. The van der Waals surface area contributed by atoms with Gasteiger partial charge in [0.25, 0.3) is 17.6 Å². The Hall–Kier alpha value is -4.52. The van der Waals surface area contributed by atoms with E-state index in [1.807, 2.05) is 41.3 Å². The number of piperidine rings is 1. The van der Waals surface area contributed by atoms with Crippen LogP contribution in [0.3, 0.4) is 0 Å². The lowest BCUT2D eigenvalue weighted by atomic mass is 9.89. The summed E-state index contributed by atoms with van der Waals surface area (Å²) in [5, 5.41) is 2.60. The van der Waals surface area contributed by atoms with Crippen LogP contribution in [-0.4, -0.2) is 35.6 Å². The molecule has 1 aliphatic rings. The zero-order valence-corrected chi connectivity index (χ0v) is 20.7. The van der Waals surface area contributed by atoms with E-state index in [-0.39, 0.29) is 17.5 Å². The van der Waals surface area contributed by atoms with Crippen molar-refractivity contribution >= 4 is 23.3 Å². The van der Waals surface area contributed by atoms with Crippen molar-refractivity contribution in [2.75, 3.05) is 18.4 Å². The van der Waals surface area contributed by atoms with Crippen molar-refractivity contribution in [1.82, 2.24) is 4.90 Å². The monoisotopic (exact) mass is 510 g/mol. The van der Waals surface area contributed by atoms with Crippen molar-refractivity contribution in [3.63, 3.8) is 0 Å². The Morgan fingerprint density at radius 2 is 1.47 bits per heavy atom. The number of amides is 2. The molecule has 1 aromatic heterocycles. The highest BCUT2D eigenvalue weighted by Crippen LogP contribution is 2.29. The third-order valence-corrected chi connectivity index (χ3v) is 6.90. The molecule has 192 valence electrons. The molecule has 0 spiro atoms. The molecule has 1 fully saturated rings. The molecule has 5 rings (SSSR count). The number of furan rings is 1. The highest BCUT2D eigenvalue weighted by molar-refractivity contribution is 6.45. The molecule has 0 radical (unpaired) electrons. The number of anilines is 1. The second-order valence-electron chi connectivity index (χ2n) is 9.45. The minimum atomic E-state index is -0.747. The molecule has 0 unspecified atom stereocenters. The third kappa shape index (κ3) is 5.89. The number of Topliss-reactive ketones (excluding diaryl/α,β-unsaturated/α-hetero) is 1. The maximum atomic E-state index is 13.1. The number of benzene rings is 3. The lowest BCUT2D eigenvalue weighted by Gasteiger charge is -2.32. The van der Waals surface area contributed by atoms with Crippen LogP contribution in [0.4, 0.5) is 10.1 Å². The molecule has 1 aliphatic heterocycles. The Kier molecular flexibility index (Phi) is 7.45. The van der Waals surface area contributed by atoms with Gasteiger partial charge in [0.1, 0.15) is 5.82 Å². The number of nitrogens with one attached hydrogen (secondary N) is 1. The van der Waals surface area contributed by atoms with Gasteiger partial charge in [-0.2, -0.15) is 0 Å². The predicted molar refractivity (Wildman–Crippen MR) is 142 cm³/mol. The maximum absolute atomic E-state index is 13.1. The van der Waals surface area contributed by atoms with E-state index in [2.05, 4.69) is 5.32 Å². The highest BCUT2D eigenvalue weighted by Gasteiger charge is 2.25. The molecule has 38 heavy (non-hydrogen) atoms. The Bertz CT molecular complexity index is 1400. The van der Waals surface area contributed by atoms with Crippen molar-refractivity contribution in [2.24, 2.45) is 0 Å². The predicted octanol–water partition coefficient (Wildman–Crippen LogP) is 5.85. The summed E-state index contributed by atoms with van der Waals surface area (Å²) in [6, 6.07) is 24.5. The highest BCUT2D eigenvalue weighted by atomic mass is 19.1. The second-order valence-corrected chi connectivity index (χ2v) is 9.45. The van der Waals surface area contributed by atoms with Crippen LogP contribution in [0, 0.1) is 5.82 Å². The van der Waals surface area contributed by atoms with Gasteiger partial charge in [-0.15, -0.1) is 0 Å². The van der Waals surface area contributed by atoms with Crippen LogP contribution in [0.15, 0.2) is 95.6 Å². The first-order chi connectivity index (χ1) is 18.5. The summed E-state index contributed by atoms with van der Waals surface area (Å²) in [5.41, 5.74) is 4.42. The van der Waals surface area contributed by atoms with Gasteiger partial charge in [0.2, 0.25) is 0 Å². The SMILES string of the molecule is O=C(Nc1ccc(C2CCN(C(=O)c3ccc(Cc4ccc(F)cc4)cc3)CC2)cc1)C(=O)c1ccco1. The summed E-state index contributed by atoms with van der Waals surface area (Å²) in [5.74, 6) is -1.38. The molecule has 2 heterocycles. The fourth-order valence-corrected chi connectivity index (χ4v) is 4.75. The van der Waals surface area contributed by atoms with E-state index in [9.17, 15) is 18.8 Å². The van der Waals surface area contributed by atoms with E-state index in [1.54, 1.807) is 30.3 Å². The molecule has 1 N–H and O–H groups in total. The van der Waals surface area contributed by atoms with Crippen LogP contribution in [0.2, 0.25) is 0 Å². The second kappa shape index (κ2) is 11.3. The molecule has 7 heteroatoms. The number of hydrogen-bond acceptors (Lipinski definition) is 4. The average Bonchev–Trinajstić information content (AvgIpc) is 3.50. The van der Waals surface area contributed by atoms with Gasteiger partial charge in [0.05, 0.1) is 6.26 Å². The van der Waals surface area contributed by atoms with Crippen LogP contribution in [0.5, 0.6) is 0 Å². The number of carbonyl (C=O) groups excluding carboxylic acids is 3. The van der Waals surface area contributed by atoms with Crippen LogP contribution >= 0.6 is 0 Å². The van der Waals surface area contributed by atoms with E-state index in [1.165, 1.54) is 24.5 Å². The van der Waals surface area contributed by atoms with E-state index in [0.717, 1.165) is 29.5 Å².